The van der Waals surface area contributed by atoms with Gasteiger partial charge in [-0.1, -0.05) is 0 Å². The molecule has 4 nitrogen and oxygen atoms in total. The molecular formula is C9H18N2O2. The van der Waals surface area contributed by atoms with Gasteiger partial charge in [0.15, 0.2) is 0 Å². The van der Waals surface area contributed by atoms with Crippen molar-refractivity contribution < 1.29 is 9.90 Å². The zero-order valence-electron chi connectivity index (χ0n) is 8.29. The molecule has 0 aromatic rings. The number of carbonyl (C=O) groups is 1. The number of rotatable bonds is 2. The zero-order valence-corrected chi connectivity index (χ0v) is 8.29. The predicted molar refractivity (Wildman–Crippen MR) is 50.3 cm³/mol. The fourth-order valence-electron chi connectivity index (χ4n) is 1.64. The van der Waals surface area contributed by atoms with Gasteiger partial charge in [0, 0.05) is 19.6 Å². The Balaban J connectivity index is 2.45. The standard InChI is InChI=1S/C9H18N2O2/c1-7(12)9(13)11(2)8-4-3-5-10-6-8/h7-8,10,12H,3-6H2,1-2H3. The lowest BCUT2D eigenvalue weighted by Gasteiger charge is -2.32. The summed E-state index contributed by atoms with van der Waals surface area (Å²) in [4.78, 5) is 13.0. The molecule has 0 aliphatic carbocycles. The first-order valence-electron chi connectivity index (χ1n) is 4.78. The Labute approximate surface area is 78.9 Å². The second-order valence-electron chi connectivity index (χ2n) is 3.63. The molecule has 0 bridgehead atoms. The Morgan fingerprint density at radius 1 is 1.69 bits per heavy atom. The molecular weight excluding hydrogens is 168 g/mol. The molecule has 0 radical (unpaired) electrons. The van der Waals surface area contributed by atoms with E-state index in [9.17, 15) is 4.79 Å². The van der Waals surface area contributed by atoms with E-state index in [0.29, 0.717) is 0 Å². The van der Waals surface area contributed by atoms with Gasteiger partial charge in [0.1, 0.15) is 6.10 Å². The summed E-state index contributed by atoms with van der Waals surface area (Å²) < 4.78 is 0. The lowest BCUT2D eigenvalue weighted by atomic mass is 10.1. The number of hydrogen-bond donors (Lipinski definition) is 2. The topological polar surface area (TPSA) is 52.6 Å². The van der Waals surface area contributed by atoms with Crippen LogP contribution in [0.15, 0.2) is 0 Å². The highest BCUT2D eigenvalue weighted by atomic mass is 16.3. The summed E-state index contributed by atoms with van der Waals surface area (Å²) in [6.07, 6.45) is 1.25. The number of aliphatic hydroxyl groups excluding tert-OH is 1. The molecule has 1 saturated heterocycles. The maximum absolute atomic E-state index is 11.4. The highest BCUT2D eigenvalue weighted by Gasteiger charge is 2.23. The smallest absolute Gasteiger partial charge is 0.251 e. The molecule has 1 fully saturated rings. The Morgan fingerprint density at radius 2 is 2.38 bits per heavy atom. The minimum Gasteiger partial charge on any atom is -0.384 e. The lowest BCUT2D eigenvalue weighted by molar-refractivity contribution is -0.140. The van der Waals surface area contributed by atoms with Crippen molar-refractivity contribution in [1.29, 1.82) is 0 Å². The number of hydrogen-bond acceptors (Lipinski definition) is 3. The van der Waals surface area contributed by atoms with Crippen LogP contribution in [0.3, 0.4) is 0 Å². The van der Waals surface area contributed by atoms with Crippen LogP contribution >= 0.6 is 0 Å². The van der Waals surface area contributed by atoms with Crippen molar-refractivity contribution in [1.82, 2.24) is 10.2 Å². The summed E-state index contributed by atoms with van der Waals surface area (Å²) in [5.74, 6) is -0.186. The number of likely N-dealkylation sites (N-methyl/N-ethyl adjacent to an activating group) is 1. The van der Waals surface area contributed by atoms with Gasteiger partial charge in [-0.15, -0.1) is 0 Å². The van der Waals surface area contributed by atoms with E-state index in [0.717, 1.165) is 25.9 Å². The van der Waals surface area contributed by atoms with E-state index in [4.69, 9.17) is 5.11 Å². The second-order valence-corrected chi connectivity index (χ2v) is 3.63. The summed E-state index contributed by atoms with van der Waals surface area (Å²) in [6, 6.07) is 0.246. The summed E-state index contributed by atoms with van der Waals surface area (Å²) in [7, 11) is 1.76. The highest BCUT2D eigenvalue weighted by molar-refractivity contribution is 5.80. The van der Waals surface area contributed by atoms with E-state index in [1.807, 2.05) is 0 Å². The molecule has 0 saturated carbocycles. The monoisotopic (exact) mass is 186 g/mol. The van der Waals surface area contributed by atoms with Crippen molar-refractivity contribution in [2.45, 2.75) is 31.9 Å². The molecule has 0 aromatic carbocycles. The van der Waals surface area contributed by atoms with Crippen LogP contribution in [0.5, 0.6) is 0 Å². The largest absolute Gasteiger partial charge is 0.384 e. The van der Waals surface area contributed by atoms with Gasteiger partial charge in [0.2, 0.25) is 0 Å². The minimum absolute atomic E-state index is 0.186. The van der Waals surface area contributed by atoms with Crippen molar-refractivity contribution >= 4 is 5.91 Å². The fraction of sp³-hybridized carbons (Fsp3) is 0.889. The number of carbonyl (C=O) groups excluding carboxylic acids is 1. The number of nitrogens with zero attached hydrogens (tertiary/aromatic N) is 1. The first-order valence-corrected chi connectivity index (χ1v) is 4.78. The zero-order chi connectivity index (χ0) is 9.84. The van der Waals surface area contributed by atoms with Crippen LogP contribution in [0.25, 0.3) is 0 Å². The lowest BCUT2D eigenvalue weighted by Crippen LogP contribution is -2.49. The third kappa shape index (κ3) is 2.67. The Morgan fingerprint density at radius 3 is 2.85 bits per heavy atom. The highest BCUT2D eigenvalue weighted by Crippen LogP contribution is 2.09. The molecule has 1 aliphatic rings. The van der Waals surface area contributed by atoms with Crippen molar-refractivity contribution in [2.75, 3.05) is 20.1 Å². The minimum atomic E-state index is -0.882. The van der Waals surface area contributed by atoms with Crippen molar-refractivity contribution in [3.8, 4) is 0 Å². The van der Waals surface area contributed by atoms with Crippen molar-refractivity contribution in [2.24, 2.45) is 0 Å². The van der Waals surface area contributed by atoms with Crippen molar-refractivity contribution in [3.05, 3.63) is 0 Å². The number of nitrogens with one attached hydrogen (secondary N) is 1. The Hall–Kier alpha value is -0.610. The average Bonchev–Trinajstić information content (AvgIpc) is 2.17. The van der Waals surface area contributed by atoms with Crippen LogP contribution in [0.4, 0.5) is 0 Å². The van der Waals surface area contributed by atoms with E-state index >= 15 is 0 Å². The third-order valence-electron chi connectivity index (χ3n) is 2.52. The van der Waals surface area contributed by atoms with Crippen LogP contribution in [-0.2, 0) is 4.79 Å². The molecule has 0 aromatic heterocycles. The molecule has 1 amide bonds. The van der Waals surface area contributed by atoms with Crippen LogP contribution < -0.4 is 5.32 Å². The van der Waals surface area contributed by atoms with E-state index < -0.39 is 6.10 Å². The summed E-state index contributed by atoms with van der Waals surface area (Å²) in [5, 5.41) is 12.3. The molecule has 2 atom stereocenters. The van der Waals surface area contributed by atoms with Gasteiger partial charge in [-0.05, 0) is 26.3 Å². The Kier molecular flexibility index (Phi) is 3.69. The molecule has 4 heteroatoms. The summed E-state index contributed by atoms with van der Waals surface area (Å²) >= 11 is 0. The number of piperidine rings is 1. The normalized spacial score (nSPS) is 25.3. The van der Waals surface area contributed by atoms with Gasteiger partial charge in [0.25, 0.3) is 5.91 Å². The predicted octanol–water partition coefficient (Wildman–Crippen LogP) is -0.422. The average molecular weight is 186 g/mol. The third-order valence-corrected chi connectivity index (χ3v) is 2.52. The van der Waals surface area contributed by atoms with Gasteiger partial charge in [0.05, 0.1) is 0 Å². The van der Waals surface area contributed by atoms with Gasteiger partial charge < -0.3 is 15.3 Å². The molecule has 1 heterocycles. The van der Waals surface area contributed by atoms with Crippen LogP contribution in [0.2, 0.25) is 0 Å². The first-order chi connectivity index (χ1) is 6.13. The molecule has 0 spiro atoms. The van der Waals surface area contributed by atoms with Crippen molar-refractivity contribution in [3.63, 3.8) is 0 Å². The second kappa shape index (κ2) is 4.58. The van der Waals surface area contributed by atoms with E-state index in [1.165, 1.54) is 6.92 Å². The van der Waals surface area contributed by atoms with E-state index in [-0.39, 0.29) is 11.9 Å². The number of aliphatic hydroxyl groups is 1. The molecule has 13 heavy (non-hydrogen) atoms. The fourth-order valence-corrected chi connectivity index (χ4v) is 1.64. The molecule has 1 aliphatic heterocycles. The van der Waals surface area contributed by atoms with Gasteiger partial charge in [-0.25, -0.2) is 0 Å². The SMILES string of the molecule is CC(O)C(=O)N(C)C1CCCNC1. The van der Waals surface area contributed by atoms with Gasteiger partial charge in [-0.3, -0.25) is 4.79 Å². The Bertz CT molecular complexity index is 176. The number of amides is 1. The van der Waals surface area contributed by atoms with Gasteiger partial charge in [-0.2, -0.15) is 0 Å². The van der Waals surface area contributed by atoms with Crippen LogP contribution in [0, 0.1) is 0 Å². The first kappa shape index (κ1) is 10.5. The maximum atomic E-state index is 11.4. The molecule has 2 unspecified atom stereocenters. The summed E-state index contributed by atoms with van der Waals surface area (Å²) in [6.45, 7) is 3.39. The van der Waals surface area contributed by atoms with Crippen LogP contribution in [-0.4, -0.2) is 48.2 Å². The quantitative estimate of drug-likeness (QED) is 0.615. The summed E-state index contributed by atoms with van der Waals surface area (Å²) in [5.41, 5.74) is 0. The molecule has 2 N–H and O–H groups in total. The van der Waals surface area contributed by atoms with Crippen LogP contribution in [0.1, 0.15) is 19.8 Å². The van der Waals surface area contributed by atoms with E-state index in [1.54, 1.807) is 11.9 Å². The maximum Gasteiger partial charge on any atom is 0.251 e. The van der Waals surface area contributed by atoms with Gasteiger partial charge >= 0.3 is 0 Å². The van der Waals surface area contributed by atoms with E-state index in [2.05, 4.69) is 5.32 Å². The molecule has 76 valence electrons. The molecule has 1 rings (SSSR count).